The Balaban J connectivity index is -0.00000861. The van der Waals surface area contributed by atoms with Crippen LogP contribution in [0.3, 0.4) is 0 Å². The van der Waals surface area contributed by atoms with E-state index in [1.54, 1.807) is 0 Å². The van der Waals surface area contributed by atoms with Gasteiger partial charge in [-0.1, -0.05) is 336 Å². The van der Waals surface area contributed by atoms with Crippen molar-refractivity contribution in [2.45, 2.75) is 387 Å². The van der Waals surface area contributed by atoms with E-state index in [-0.39, 0.29) is 12.4 Å². The summed E-state index contributed by atoms with van der Waals surface area (Å²) in [4.78, 5) is 0. The Kier molecular flexibility index (Phi) is 72.4. The Morgan fingerprint density at radius 2 is 0.271 bits per heavy atom. The molecule has 0 saturated heterocycles. The zero-order chi connectivity index (χ0) is 50.5. The molecule has 4 nitrogen and oxygen atoms in total. The van der Waals surface area contributed by atoms with Crippen LogP contribution < -0.4 is 14.1 Å². The third-order valence-electron chi connectivity index (χ3n) is 15.9. The van der Waals surface area contributed by atoms with Crippen LogP contribution in [0.15, 0.2) is 0 Å². The summed E-state index contributed by atoms with van der Waals surface area (Å²) in [7, 11) is 0. The van der Waals surface area contributed by atoms with Gasteiger partial charge in [0.15, 0.2) is 0 Å². The second kappa shape index (κ2) is 67.7. The average Bonchev–Trinajstić information content (AvgIpc) is 3.34. The molecule has 0 aromatic carbocycles. The predicted molar refractivity (Wildman–Crippen MR) is 327 cm³/mol. The Labute approximate surface area is 456 Å². The predicted octanol–water partition coefficient (Wildman–Crippen LogP) is 22.0. The molecule has 70 heavy (non-hydrogen) atoms. The van der Waals surface area contributed by atoms with Crippen molar-refractivity contribution in [2.24, 2.45) is 14.1 Å². The van der Waals surface area contributed by atoms with Gasteiger partial charge in [-0.15, -0.1) is 12.4 Å². The fraction of sp³-hybridized carbons (Fsp3) is 1.00. The van der Waals surface area contributed by atoms with Crippen LogP contribution in [0.5, 0.6) is 0 Å². The summed E-state index contributed by atoms with van der Waals surface area (Å²) in [6.07, 6.45) is 82.7. The van der Waals surface area contributed by atoms with E-state index < -0.39 is 15.0 Å². The molecule has 6 heteroatoms. The summed E-state index contributed by atoms with van der Waals surface area (Å²) in [6, 6.07) is 0. The van der Waals surface area contributed by atoms with Gasteiger partial charge in [0.05, 0.1) is 26.2 Å². The molecule has 0 rings (SSSR count). The topological polar surface area (TPSA) is 78.1 Å². The van der Waals surface area contributed by atoms with Crippen LogP contribution in [0.4, 0.5) is 0 Å². The number of hydrogen-bond acceptors (Lipinski definition) is 3. The van der Waals surface area contributed by atoms with E-state index in [9.17, 15) is 0 Å². The van der Waals surface area contributed by atoms with Crippen LogP contribution in [0.25, 0.3) is 0 Å². The number of halogens is 1. The second-order valence-electron chi connectivity index (χ2n) is 23.1. The first-order valence-electron chi connectivity index (χ1n) is 33.0. The van der Waals surface area contributed by atoms with Gasteiger partial charge in [-0.25, -0.2) is 0 Å². The molecule has 0 amide bonds. The van der Waals surface area contributed by atoms with E-state index in [2.05, 4.69) is 27.7 Å². The fourth-order valence-corrected chi connectivity index (χ4v) is 11.2. The van der Waals surface area contributed by atoms with Gasteiger partial charge in [0.1, 0.15) is 0 Å². The third kappa shape index (κ3) is 66.7. The van der Waals surface area contributed by atoms with Crippen LogP contribution >= 0.6 is 12.4 Å². The molecule has 0 heterocycles. The maximum atomic E-state index is 4.83. The minimum atomic E-state index is -1.83. The van der Waals surface area contributed by atoms with E-state index in [4.69, 9.17) is 14.1 Å². The van der Waals surface area contributed by atoms with E-state index in [0.29, 0.717) is 0 Å². The van der Waals surface area contributed by atoms with Crippen molar-refractivity contribution in [2.75, 3.05) is 26.2 Å². The van der Waals surface area contributed by atoms with E-state index in [0.717, 1.165) is 0 Å². The van der Waals surface area contributed by atoms with Crippen molar-refractivity contribution in [1.29, 1.82) is 0 Å². The van der Waals surface area contributed by atoms with Gasteiger partial charge in [0.2, 0.25) is 0 Å². The number of rotatable bonds is 60. The van der Waals surface area contributed by atoms with Crippen LogP contribution in [0.2, 0.25) is 0 Å². The number of hydrogen-bond donors (Lipinski definition) is 3. The number of nitrogens with two attached hydrogens (primary N) is 3. The molecule has 0 saturated carbocycles. The van der Waals surface area contributed by atoms with E-state index in [1.807, 2.05) is 0 Å². The van der Waals surface area contributed by atoms with Gasteiger partial charge in [-0.2, -0.15) is 0 Å². The molecule has 0 aromatic heterocycles. The zero-order valence-corrected chi connectivity index (χ0v) is 52.4. The normalized spacial score (nSPS) is 11.7. The molecule has 1 radical (unpaired) electrons. The van der Waals surface area contributed by atoms with Crippen LogP contribution in [0, 0.1) is 0 Å². The summed E-state index contributed by atoms with van der Waals surface area (Å²) in [6.45, 7) is 15.3. The second-order valence-corrected chi connectivity index (χ2v) is 25.2. The van der Waals surface area contributed by atoms with Crippen molar-refractivity contribution in [3.05, 3.63) is 0 Å². The third-order valence-corrected chi connectivity index (χ3v) is 15.9. The molecule has 0 atom stereocenters. The van der Waals surface area contributed by atoms with Gasteiger partial charge in [0.25, 0.3) is 0 Å². The van der Waals surface area contributed by atoms with Crippen molar-refractivity contribution >= 4 is 27.4 Å². The first kappa shape index (κ1) is 74.9. The molecule has 0 fully saturated rings. The average molecular weight is 1070 g/mol. The number of unbranched alkanes of at least 4 members (excludes halogenated alkanes) is 52. The Morgan fingerprint density at radius 1 is 0.186 bits per heavy atom. The molecule has 0 spiro atoms. The summed E-state index contributed by atoms with van der Waals surface area (Å²) >= 11 is -1.83. The van der Waals surface area contributed by atoms with Crippen LogP contribution in [-0.4, -0.2) is 45.7 Å². The molecule has 0 aliphatic carbocycles. The first-order chi connectivity index (χ1) is 34.0. The van der Waals surface area contributed by atoms with Gasteiger partial charge in [-0.05, 0) is 51.4 Å². The Bertz CT molecular complexity index is 740. The summed E-state index contributed by atoms with van der Waals surface area (Å²) in [5.74, 6) is 0. The Hall–Kier alpha value is 0.673. The van der Waals surface area contributed by atoms with Crippen LogP contribution in [-0.2, 0) is 0 Å². The zero-order valence-electron chi connectivity index (χ0n) is 49.5. The minimum absolute atomic E-state index is 0. The molecular formula is C64H139ClGeN4+. The molecule has 0 aliphatic rings. The quantitative estimate of drug-likeness (QED) is 0.0323. The van der Waals surface area contributed by atoms with Crippen LogP contribution in [0.1, 0.15) is 387 Å². The van der Waals surface area contributed by atoms with Gasteiger partial charge >= 0.3 is 29.1 Å². The molecule has 6 N–H and O–H groups in total. The summed E-state index contributed by atoms with van der Waals surface area (Å²) in [5.41, 5.74) is 0. The number of nitrogens with zero attached hydrogens (tertiary/aromatic N) is 1. The van der Waals surface area contributed by atoms with Crippen molar-refractivity contribution in [3.63, 3.8) is 0 Å². The molecule has 425 valence electrons. The first-order valence-corrected chi connectivity index (χ1v) is 36.6. The van der Waals surface area contributed by atoms with E-state index in [1.165, 1.54) is 390 Å². The fourth-order valence-electron chi connectivity index (χ4n) is 11.2. The molecule has 0 aliphatic heterocycles. The van der Waals surface area contributed by atoms with Gasteiger partial charge < -0.3 is 4.48 Å². The van der Waals surface area contributed by atoms with Crippen molar-refractivity contribution in [3.8, 4) is 0 Å². The van der Waals surface area contributed by atoms with Gasteiger partial charge in [-0.3, -0.25) is 0 Å². The standard InChI is InChI=1S/C64H132N.ClH.GeH6N3/c1-5-9-13-17-21-25-29-33-37-41-45-49-53-57-61-65(62-58-54-50-46-42-38-34-30-26-22-18-14-10-6-2,63-59-55-51-47-43-39-35-31-27-23-19-15-11-7-3)64-60-56-52-48-44-40-36-32-28-24-20-16-12-8-4;;2-1(3)4/h5-64H2,1-4H3;1H;2-4H2/q+1;;. The molecular weight excluding hydrogens is 933 g/mol. The molecule has 0 bridgehead atoms. The van der Waals surface area contributed by atoms with Gasteiger partial charge in [0, 0.05) is 0 Å². The SMILES string of the molecule is CCCCCCCCCCCCCCCC[N+](CCCCCCCCCCCCCCCC)(CCCCCCCCCCCCCCCC)CCCCCCCCCCCCCCCC.Cl.[NH2][Ge]([NH2])[NH2]. The molecule has 0 unspecified atom stereocenters. The summed E-state index contributed by atoms with van der Waals surface area (Å²) in [5, 5.41) is 0. The van der Waals surface area contributed by atoms with Crippen molar-refractivity contribution in [1.82, 2.24) is 0 Å². The summed E-state index contributed by atoms with van der Waals surface area (Å²) < 4.78 is 16.0. The van der Waals surface area contributed by atoms with E-state index >= 15 is 0 Å². The maximum absolute atomic E-state index is 4.83. The number of quaternary nitrogens is 1. The molecule has 0 aromatic rings. The Morgan fingerprint density at radius 3 is 0.371 bits per heavy atom. The monoisotopic (exact) mass is 1070 g/mol. The van der Waals surface area contributed by atoms with Crippen molar-refractivity contribution < 1.29 is 4.48 Å².